The minimum atomic E-state index is -0.476. The van der Waals surface area contributed by atoms with Crippen molar-refractivity contribution in [2.75, 3.05) is 6.61 Å². The van der Waals surface area contributed by atoms with Crippen molar-refractivity contribution in [3.63, 3.8) is 0 Å². The first-order valence-electron chi connectivity index (χ1n) is 5.61. The maximum absolute atomic E-state index is 11.7. The van der Waals surface area contributed by atoms with Crippen LogP contribution in [0, 0.1) is 12.8 Å². The van der Waals surface area contributed by atoms with E-state index in [0.29, 0.717) is 12.0 Å². The molecule has 1 aromatic heterocycles. The summed E-state index contributed by atoms with van der Waals surface area (Å²) >= 11 is 0. The summed E-state index contributed by atoms with van der Waals surface area (Å²) < 4.78 is 6.96. The molecule has 1 saturated heterocycles. The predicted octanol–water partition coefficient (Wildman–Crippen LogP) is -0.239. The first kappa shape index (κ1) is 12.1. The molecule has 1 fully saturated rings. The fraction of sp³-hybridized carbons (Fsp3) is 0.636. The normalized spacial score (nSPS) is 28.5. The minimum absolute atomic E-state index is 0.0576. The van der Waals surface area contributed by atoms with E-state index in [1.807, 2.05) is 6.92 Å². The number of aliphatic hydroxyl groups is 1. The van der Waals surface area contributed by atoms with Gasteiger partial charge in [0.2, 0.25) is 0 Å². The zero-order valence-electron chi connectivity index (χ0n) is 9.84. The molecule has 17 heavy (non-hydrogen) atoms. The lowest BCUT2D eigenvalue weighted by Crippen LogP contribution is -2.34. The Morgan fingerprint density at radius 3 is 2.88 bits per heavy atom. The number of aromatic amines is 1. The lowest BCUT2D eigenvalue weighted by atomic mass is 10.1. The van der Waals surface area contributed by atoms with Gasteiger partial charge < -0.3 is 9.84 Å². The van der Waals surface area contributed by atoms with Gasteiger partial charge in [0.15, 0.2) is 0 Å². The fourth-order valence-electron chi connectivity index (χ4n) is 2.15. The zero-order chi connectivity index (χ0) is 12.6. The SMILES string of the molecule is Cc1cn([C@H]2O[C@H](CO)C[C@H]2C)c(=O)[nH]c1=O. The van der Waals surface area contributed by atoms with E-state index in [1.165, 1.54) is 10.8 Å². The molecule has 94 valence electrons. The molecule has 0 bridgehead atoms. The largest absolute Gasteiger partial charge is 0.394 e. The molecule has 0 saturated carbocycles. The van der Waals surface area contributed by atoms with Gasteiger partial charge in [0.25, 0.3) is 5.56 Å². The Morgan fingerprint density at radius 1 is 1.59 bits per heavy atom. The van der Waals surface area contributed by atoms with Gasteiger partial charge in [-0.25, -0.2) is 4.79 Å². The molecule has 1 aromatic rings. The van der Waals surface area contributed by atoms with Gasteiger partial charge in [-0.1, -0.05) is 6.92 Å². The standard InChI is InChI=1S/C11H16N2O4/c1-6-3-8(5-14)17-10(6)13-4-7(2)9(15)12-11(13)16/h4,6,8,10,14H,3,5H2,1-2H3,(H,12,15,16)/t6-,8+,10+/m1/s1. The van der Waals surface area contributed by atoms with Gasteiger partial charge in [-0.2, -0.15) is 0 Å². The zero-order valence-corrected chi connectivity index (χ0v) is 9.84. The van der Waals surface area contributed by atoms with E-state index in [4.69, 9.17) is 9.84 Å². The highest BCUT2D eigenvalue weighted by atomic mass is 16.5. The highest BCUT2D eigenvalue weighted by Gasteiger charge is 2.33. The first-order chi connectivity index (χ1) is 8.02. The summed E-state index contributed by atoms with van der Waals surface area (Å²) in [5.41, 5.74) is -0.389. The van der Waals surface area contributed by atoms with E-state index >= 15 is 0 Å². The Kier molecular flexibility index (Phi) is 3.17. The Balaban J connectivity index is 2.38. The molecule has 6 heteroatoms. The molecular weight excluding hydrogens is 224 g/mol. The van der Waals surface area contributed by atoms with Crippen LogP contribution in [0.2, 0.25) is 0 Å². The molecule has 0 unspecified atom stereocenters. The molecule has 0 aliphatic carbocycles. The fourth-order valence-corrected chi connectivity index (χ4v) is 2.15. The Labute approximate surface area is 97.9 Å². The van der Waals surface area contributed by atoms with Gasteiger partial charge in [0.05, 0.1) is 12.7 Å². The Morgan fingerprint density at radius 2 is 2.29 bits per heavy atom. The van der Waals surface area contributed by atoms with Crippen LogP contribution in [-0.2, 0) is 4.74 Å². The second kappa shape index (κ2) is 4.46. The van der Waals surface area contributed by atoms with Crippen LogP contribution in [0.4, 0.5) is 0 Å². The number of ether oxygens (including phenoxy) is 1. The average Bonchev–Trinajstić information content (AvgIpc) is 2.65. The molecule has 2 N–H and O–H groups in total. The number of H-pyrrole nitrogens is 1. The van der Waals surface area contributed by atoms with E-state index in [2.05, 4.69) is 4.98 Å². The Bertz CT molecular complexity index is 519. The highest BCUT2D eigenvalue weighted by Crippen LogP contribution is 2.32. The van der Waals surface area contributed by atoms with Gasteiger partial charge in [-0.15, -0.1) is 0 Å². The van der Waals surface area contributed by atoms with Crippen molar-refractivity contribution in [3.8, 4) is 0 Å². The summed E-state index contributed by atoms with van der Waals surface area (Å²) in [6, 6.07) is 0. The third-order valence-electron chi connectivity index (χ3n) is 3.08. The molecule has 0 radical (unpaired) electrons. The van der Waals surface area contributed by atoms with E-state index < -0.39 is 11.9 Å². The second-order valence-corrected chi connectivity index (χ2v) is 4.52. The van der Waals surface area contributed by atoms with E-state index in [9.17, 15) is 9.59 Å². The molecule has 1 aliphatic rings. The number of rotatable bonds is 2. The molecule has 0 aromatic carbocycles. The molecular formula is C11H16N2O4. The number of aliphatic hydroxyl groups excluding tert-OH is 1. The molecule has 2 rings (SSSR count). The summed E-state index contributed by atoms with van der Waals surface area (Å²) in [5, 5.41) is 9.05. The minimum Gasteiger partial charge on any atom is -0.394 e. The van der Waals surface area contributed by atoms with Crippen LogP contribution < -0.4 is 11.2 Å². The maximum atomic E-state index is 11.7. The van der Waals surface area contributed by atoms with E-state index in [0.717, 1.165) is 0 Å². The number of nitrogens with one attached hydrogen (secondary N) is 1. The Hall–Kier alpha value is -1.40. The van der Waals surface area contributed by atoms with Crippen molar-refractivity contribution < 1.29 is 9.84 Å². The summed E-state index contributed by atoms with van der Waals surface area (Å²) in [4.78, 5) is 25.2. The van der Waals surface area contributed by atoms with Crippen LogP contribution in [0.1, 0.15) is 25.1 Å². The number of nitrogens with zero attached hydrogens (tertiary/aromatic N) is 1. The molecule has 0 amide bonds. The van der Waals surface area contributed by atoms with Gasteiger partial charge in [0, 0.05) is 17.7 Å². The first-order valence-corrected chi connectivity index (χ1v) is 5.61. The van der Waals surface area contributed by atoms with E-state index in [1.54, 1.807) is 6.92 Å². The number of hydrogen-bond acceptors (Lipinski definition) is 4. The molecule has 6 nitrogen and oxygen atoms in total. The van der Waals surface area contributed by atoms with Crippen molar-refractivity contribution in [2.45, 2.75) is 32.6 Å². The predicted molar refractivity (Wildman–Crippen MR) is 60.8 cm³/mol. The van der Waals surface area contributed by atoms with Gasteiger partial charge in [-0.05, 0) is 13.3 Å². The second-order valence-electron chi connectivity index (χ2n) is 4.52. The number of aromatic nitrogens is 2. The van der Waals surface area contributed by atoms with Crippen molar-refractivity contribution in [3.05, 3.63) is 32.6 Å². The molecule has 1 aliphatic heterocycles. The lowest BCUT2D eigenvalue weighted by Gasteiger charge is -2.18. The monoisotopic (exact) mass is 240 g/mol. The smallest absolute Gasteiger partial charge is 0.330 e. The summed E-state index contributed by atoms with van der Waals surface area (Å²) in [6.07, 6.45) is 1.54. The summed E-state index contributed by atoms with van der Waals surface area (Å²) in [7, 11) is 0. The van der Waals surface area contributed by atoms with Crippen LogP contribution in [0.5, 0.6) is 0 Å². The van der Waals surface area contributed by atoms with E-state index in [-0.39, 0.29) is 24.2 Å². The number of aryl methyl sites for hydroxylation is 1. The van der Waals surface area contributed by atoms with Crippen molar-refractivity contribution in [2.24, 2.45) is 5.92 Å². The quantitative estimate of drug-likeness (QED) is 0.747. The van der Waals surface area contributed by atoms with Crippen molar-refractivity contribution in [1.29, 1.82) is 0 Å². The van der Waals surface area contributed by atoms with Crippen LogP contribution >= 0.6 is 0 Å². The molecule has 2 heterocycles. The van der Waals surface area contributed by atoms with Crippen LogP contribution in [0.3, 0.4) is 0 Å². The third kappa shape index (κ3) is 2.18. The maximum Gasteiger partial charge on any atom is 0.330 e. The third-order valence-corrected chi connectivity index (χ3v) is 3.08. The average molecular weight is 240 g/mol. The van der Waals surface area contributed by atoms with Crippen molar-refractivity contribution >= 4 is 0 Å². The van der Waals surface area contributed by atoms with Crippen LogP contribution in [0.25, 0.3) is 0 Å². The topological polar surface area (TPSA) is 84.3 Å². The molecule has 0 spiro atoms. The lowest BCUT2D eigenvalue weighted by molar-refractivity contribution is -0.0337. The molecule has 3 atom stereocenters. The van der Waals surface area contributed by atoms with Gasteiger partial charge >= 0.3 is 5.69 Å². The summed E-state index contributed by atoms with van der Waals surface area (Å²) in [6.45, 7) is 3.53. The van der Waals surface area contributed by atoms with Crippen molar-refractivity contribution in [1.82, 2.24) is 9.55 Å². The summed E-state index contributed by atoms with van der Waals surface area (Å²) in [5.74, 6) is 0.121. The van der Waals surface area contributed by atoms with Crippen LogP contribution in [0.15, 0.2) is 15.8 Å². The van der Waals surface area contributed by atoms with Gasteiger partial charge in [0.1, 0.15) is 6.23 Å². The van der Waals surface area contributed by atoms with Crippen LogP contribution in [-0.4, -0.2) is 27.4 Å². The highest BCUT2D eigenvalue weighted by molar-refractivity contribution is 5.02. The number of hydrogen-bond donors (Lipinski definition) is 2. The van der Waals surface area contributed by atoms with Gasteiger partial charge in [-0.3, -0.25) is 14.3 Å².